The van der Waals surface area contributed by atoms with Crippen molar-refractivity contribution >= 4 is 13.8 Å². The van der Waals surface area contributed by atoms with Gasteiger partial charge < -0.3 is 39.9 Å². The first-order chi connectivity index (χ1) is 31.0. The number of phosphoric ester groups is 1. The fraction of sp³-hybridized carbons (Fsp3) is 0.784. The van der Waals surface area contributed by atoms with Crippen molar-refractivity contribution in [3.63, 3.8) is 0 Å². The molecule has 1 aliphatic carbocycles. The average Bonchev–Trinajstić information content (AvgIpc) is 3.28. The lowest BCUT2D eigenvalue weighted by atomic mass is 9.85. The molecule has 6 unspecified atom stereocenters. The molecule has 0 spiro atoms. The van der Waals surface area contributed by atoms with Crippen LogP contribution in [-0.2, 0) is 27.9 Å². The monoisotopic (exact) mass is 927 g/mol. The number of allylic oxidation sites excluding steroid dienone is 10. The molecular weight excluding hydrogens is 836 g/mol. The molecule has 1 rings (SSSR count). The van der Waals surface area contributed by atoms with Gasteiger partial charge in [-0.15, -0.1) is 0 Å². The zero-order valence-corrected chi connectivity index (χ0v) is 40.7. The van der Waals surface area contributed by atoms with Gasteiger partial charge in [0.1, 0.15) is 42.7 Å². The lowest BCUT2D eigenvalue weighted by molar-refractivity contribution is -0.220. The Kier molecular flexibility index (Phi) is 38.7. The van der Waals surface area contributed by atoms with Crippen LogP contribution in [0.5, 0.6) is 0 Å². The number of phosphoric acid groups is 1. The Morgan fingerprint density at radius 1 is 0.516 bits per heavy atom. The Labute approximate surface area is 387 Å². The maximum atomic E-state index is 12.8. The van der Waals surface area contributed by atoms with Crippen LogP contribution in [0.2, 0.25) is 0 Å². The lowest BCUT2D eigenvalue weighted by Crippen LogP contribution is -2.64. The number of aliphatic hydroxyl groups is 5. The molecule has 6 N–H and O–H groups in total. The fourth-order valence-corrected chi connectivity index (χ4v) is 8.37. The molecule has 1 fully saturated rings. The number of carbonyl (C=O) groups is 1. The number of ether oxygens (including phenoxy) is 2. The van der Waals surface area contributed by atoms with Crippen LogP contribution in [0.4, 0.5) is 0 Å². The maximum Gasteiger partial charge on any atom is 0.472 e. The van der Waals surface area contributed by atoms with E-state index in [1.807, 2.05) is 0 Å². The van der Waals surface area contributed by atoms with E-state index in [0.29, 0.717) is 13.0 Å². The number of rotatable bonds is 42. The molecule has 12 nitrogen and oxygen atoms in total. The van der Waals surface area contributed by atoms with Gasteiger partial charge in [0, 0.05) is 13.0 Å². The molecule has 1 saturated carbocycles. The molecule has 1 aliphatic rings. The molecular formula is C51H91O12P. The Morgan fingerprint density at radius 3 is 1.42 bits per heavy atom. The van der Waals surface area contributed by atoms with Gasteiger partial charge in [0.25, 0.3) is 0 Å². The van der Waals surface area contributed by atoms with Crippen molar-refractivity contribution in [1.29, 1.82) is 0 Å². The first-order valence-corrected chi connectivity index (χ1v) is 26.6. The molecule has 0 aromatic carbocycles. The average molecular weight is 927 g/mol. The summed E-state index contributed by atoms with van der Waals surface area (Å²) in [5.41, 5.74) is 0. The molecule has 6 atom stereocenters. The van der Waals surface area contributed by atoms with Gasteiger partial charge in [0.2, 0.25) is 0 Å². The predicted molar refractivity (Wildman–Crippen MR) is 258 cm³/mol. The number of carbonyl (C=O) groups excluding carboxylic acids is 1. The molecule has 13 heteroatoms. The van der Waals surface area contributed by atoms with Crippen molar-refractivity contribution in [2.24, 2.45) is 0 Å². The highest BCUT2D eigenvalue weighted by atomic mass is 31.2. The van der Waals surface area contributed by atoms with E-state index >= 15 is 0 Å². The molecule has 64 heavy (non-hydrogen) atoms. The normalized spacial score (nSPS) is 22.2. The number of unbranched alkanes of at least 4 members (excludes halogenated alkanes) is 20. The molecule has 372 valence electrons. The van der Waals surface area contributed by atoms with Crippen molar-refractivity contribution in [2.45, 2.75) is 236 Å². The van der Waals surface area contributed by atoms with E-state index in [1.54, 1.807) is 0 Å². The summed E-state index contributed by atoms with van der Waals surface area (Å²) in [6.07, 6.45) is 40.1. The van der Waals surface area contributed by atoms with Gasteiger partial charge in [-0.2, -0.15) is 0 Å². The van der Waals surface area contributed by atoms with Crippen molar-refractivity contribution < 1.29 is 58.3 Å². The summed E-state index contributed by atoms with van der Waals surface area (Å²) in [6.45, 7) is 4.10. The van der Waals surface area contributed by atoms with Crippen LogP contribution < -0.4 is 0 Å². The third-order valence-corrected chi connectivity index (χ3v) is 12.4. The van der Waals surface area contributed by atoms with Crippen LogP contribution in [-0.4, -0.2) is 98.9 Å². The van der Waals surface area contributed by atoms with Gasteiger partial charge in [-0.3, -0.25) is 13.8 Å². The lowest BCUT2D eigenvalue weighted by Gasteiger charge is -2.41. The Hall–Kier alpha value is -1.96. The first-order valence-electron chi connectivity index (χ1n) is 25.1. The van der Waals surface area contributed by atoms with Crippen LogP contribution in [0, 0.1) is 0 Å². The van der Waals surface area contributed by atoms with E-state index in [2.05, 4.69) is 74.6 Å². The van der Waals surface area contributed by atoms with Crippen LogP contribution >= 0.6 is 7.82 Å². The largest absolute Gasteiger partial charge is 0.472 e. The van der Waals surface area contributed by atoms with E-state index in [0.717, 1.165) is 57.8 Å². The van der Waals surface area contributed by atoms with Gasteiger partial charge in [-0.05, 0) is 77.0 Å². The second-order valence-corrected chi connectivity index (χ2v) is 18.7. The summed E-state index contributed by atoms with van der Waals surface area (Å²) in [7, 11) is -5.03. The third kappa shape index (κ3) is 32.7. The second kappa shape index (κ2) is 41.2. The highest BCUT2D eigenvalue weighted by Crippen LogP contribution is 2.47. The minimum Gasteiger partial charge on any atom is -0.457 e. The molecule has 0 saturated heterocycles. The SMILES string of the molecule is CC/C=C\C/C=C\C/C=C\C/C=C\CCCCC(=O)OC(COCCCCCCCCCCCC/C=C\CCCCCCCCCC)COP(=O)(O)OC1C(O)C(O)C(O)C(O)C1O. The molecule has 0 aliphatic heterocycles. The van der Waals surface area contributed by atoms with Crippen LogP contribution in [0.15, 0.2) is 60.8 Å². The molecule has 0 radical (unpaired) electrons. The van der Waals surface area contributed by atoms with Crippen molar-refractivity contribution in [3.05, 3.63) is 60.8 Å². The Balaban J connectivity index is 2.36. The van der Waals surface area contributed by atoms with Crippen LogP contribution in [0.3, 0.4) is 0 Å². The van der Waals surface area contributed by atoms with Crippen LogP contribution in [0.25, 0.3) is 0 Å². The second-order valence-electron chi connectivity index (χ2n) is 17.3. The van der Waals surface area contributed by atoms with Crippen molar-refractivity contribution in [3.8, 4) is 0 Å². The van der Waals surface area contributed by atoms with E-state index in [-0.39, 0.29) is 13.0 Å². The van der Waals surface area contributed by atoms with Gasteiger partial charge >= 0.3 is 13.8 Å². The first kappa shape index (κ1) is 60.1. The number of hydrogen-bond donors (Lipinski definition) is 6. The minimum atomic E-state index is -5.03. The van der Waals surface area contributed by atoms with Crippen molar-refractivity contribution in [1.82, 2.24) is 0 Å². The standard InChI is InChI=1S/C51H91O12P/c1-3-5-7-9-11-13-15-17-19-20-21-22-23-24-25-27-29-31-33-35-37-39-41-60-42-44(43-61-64(58,59)63-51-49(56)47(54)46(53)48(55)50(51)57)62-45(52)40-38-36-34-32-30-28-26-18-16-14-12-10-8-6-4-2/h6,8,12,14,18,20-21,26,30,32,44,46-51,53-57H,3-5,7,9-11,13,15-17,19,22-25,27-29,31,33-43H2,1-2H3,(H,58,59)/b8-6-,14-12-,21-20-,26-18-,32-30-. The third-order valence-electron chi connectivity index (χ3n) is 11.4. The molecule has 0 heterocycles. The minimum absolute atomic E-state index is 0.0962. The smallest absolute Gasteiger partial charge is 0.457 e. The highest BCUT2D eigenvalue weighted by Gasteiger charge is 2.51. The van der Waals surface area contributed by atoms with E-state index in [1.165, 1.54) is 109 Å². The summed E-state index contributed by atoms with van der Waals surface area (Å²) in [4.78, 5) is 23.2. The summed E-state index contributed by atoms with van der Waals surface area (Å²) >= 11 is 0. The fourth-order valence-electron chi connectivity index (χ4n) is 7.40. The molecule has 0 aromatic rings. The topological polar surface area (TPSA) is 192 Å². The van der Waals surface area contributed by atoms with Crippen molar-refractivity contribution in [2.75, 3.05) is 19.8 Å². The zero-order valence-electron chi connectivity index (χ0n) is 39.8. The number of hydrogen-bond acceptors (Lipinski definition) is 11. The summed E-state index contributed by atoms with van der Waals surface area (Å²) in [5.74, 6) is -0.518. The summed E-state index contributed by atoms with van der Waals surface area (Å²) in [6, 6.07) is 0. The molecule has 0 bridgehead atoms. The van der Waals surface area contributed by atoms with E-state index in [4.69, 9.17) is 18.5 Å². The van der Waals surface area contributed by atoms with Gasteiger partial charge in [0.05, 0.1) is 13.2 Å². The number of esters is 1. The quantitative estimate of drug-likeness (QED) is 0.0147. The maximum absolute atomic E-state index is 12.8. The van der Waals surface area contributed by atoms with E-state index in [9.17, 15) is 39.8 Å². The summed E-state index contributed by atoms with van der Waals surface area (Å²) < 4.78 is 34.2. The van der Waals surface area contributed by atoms with Gasteiger partial charge in [-0.25, -0.2) is 4.57 Å². The van der Waals surface area contributed by atoms with Crippen LogP contribution in [0.1, 0.15) is 194 Å². The number of aliphatic hydroxyl groups excluding tert-OH is 5. The molecule has 0 amide bonds. The summed E-state index contributed by atoms with van der Waals surface area (Å²) in [5, 5.41) is 50.2. The van der Waals surface area contributed by atoms with Gasteiger partial charge in [-0.1, -0.05) is 171 Å². The zero-order chi connectivity index (χ0) is 46.9. The molecule has 0 aromatic heterocycles. The predicted octanol–water partition coefficient (Wildman–Crippen LogP) is 11.0. The van der Waals surface area contributed by atoms with Gasteiger partial charge in [0.15, 0.2) is 0 Å². The Bertz CT molecular complexity index is 1290. The van der Waals surface area contributed by atoms with E-state index < -0.39 is 63.1 Å². The Morgan fingerprint density at radius 2 is 0.922 bits per heavy atom. The highest BCUT2D eigenvalue weighted by molar-refractivity contribution is 7.47.